The number of rotatable bonds is 1. The summed E-state index contributed by atoms with van der Waals surface area (Å²) in [6.45, 7) is 8.47. The maximum absolute atomic E-state index is 12.0. The summed E-state index contributed by atoms with van der Waals surface area (Å²) in [5.41, 5.74) is 5.49. The zero-order valence-electron chi connectivity index (χ0n) is 10.8. The van der Waals surface area contributed by atoms with Crippen LogP contribution >= 0.6 is 0 Å². The van der Waals surface area contributed by atoms with E-state index in [1.165, 1.54) is 0 Å². The summed E-state index contributed by atoms with van der Waals surface area (Å²) in [4.78, 5) is 13.8. The van der Waals surface area contributed by atoms with E-state index in [9.17, 15) is 4.79 Å². The highest BCUT2D eigenvalue weighted by molar-refractivity contribution is 5.68. The Hall–Kier alpha value is -0.770. The Kier molecular flexibility index (Phi) is 4.19. The molecule has 1 rings (SSSR count). The first kappa shape index (κ1) is 13.3. The van der Waals surface area contributed by atoms with Gasteiger partial charge in [0.2, 0.25) is 0 Å². The van der Waals surface area contributed by atoms with Crippen LogP contribution in [-0.2, 0) is 4.74 Å². The minimum Gasteiger partial charge on any atom is -0.444 e. The summed E-state index contributed by atoms with van der Waals surface area (Å²) in [7, 11) is 0. The molecule has 2 atom stereocenters. The van der Waals surface area contributed by atoms with Crippen molar-refractivity contribution < 1.29 is 9.53 Å². The van der Waals surface area contributed by atoms with Crippen molar-refractivity contribution in [3.63, 3.8) is 0 Å². The fraction of sp³-hybridized carbons (Fsp3) is 0.917. The van der Waals surface area contributed by atoms with Crippen molar-refractivity contribution in [3.05, 3.63) is 0 Å². The number of amides is 1. The van der Waals surface area contributed by atoms with E-state index >= 15 is 0 Å². The molecule has 0 radical (unpaired) electrons. The minimum atomic E-state index is -0.422. The van der Waals surface area contributed by atoms with E-state index in [0.29, 0.717) is 6.54 Å². The van der Waals surface area contributed by atoms with E-state index in [4.69, 9.17) is 10.5 Å². The van der Waals surface area contributed by atoms with E-state index in [1.807, 2.05) is 25.7 Å². The summed E-state index contributed by atoms with van der Waals surface area (Å²) in [6, 6.07) is 0.460. The fourth-order valence-electron chi connectivity index (χ4n) is 2.03. The monoisotopic (exact) mass is 228 g/mol. The molecular formula is C12H24N2O2. The minimum absolute atomic E-state index is 0.203. The Balaban J connectivity index is 2.60. The van der Waals surface area contributed by atoms with Gasteiger partial charge in [-0.25, -0.2) is 4.79 Å². The molecule has 0 unspecified atom stereocenters. The maximum atomic E-state index is 12.0. The molecule has 0 bridgehead atoms. The molecule has 1 aliphatic heterocycles. The first-order valence-electron chi connectivity index (χ1n) is 6.08. The topological polar surface area (TPSA) is 55.6 Å². The predicted octanol–water partition coefficient (Wildman–Crippen LogP) is 2.12. The van der Waals surface area contributed by atoms with Gasteiger partial charge in [0.15, 0.2) is 0 Å². The lowest BCUT2D eigenvalue weighted by atomic mass is 9.96. The van der Waals surface area contributed by atoms with E-state index in [2.05, 4.69) is 6.92 Å². The van der Waals surface area contributed by atoms with Crippen LogP contribution < -0.4 is 5.73 Å². The largest absolute Gasteiger partial charge is 0.444 e. The quantitative estimate of drug-likeness (QED) is 0.748. The lowest BCUT2D eigenvalue weighted by Gasteiger charge is -2.38. The molecular weight excluding hydrogens is 204 g/mol. The molecule has 1 heterocycles. The lowest BCUT2D eigenvalue weighted by Crippen LogP contribution is -2.50. The van der Waals surface area contributed by atoms with Crippen LogP contribution in [0.5, 0.6) is 0 Å². The number of hydrogen-bond donors (Lipinski definition) is 1. The van der Waals surface area contributed by atoms with E-state index in [0.717, 1.165) is 19.3 Å². The third kappa shape index (κ3) is 3.67. The first-order chi connectivity index (χ1) is 7.33. The third-order valence-electron chi connectivity index (χ3n) is 2.86. The van der Waals surface area contributed by atoms with Crippen molar-refractivity contribution >= 4 is 6.09 Å². The summed E-state index contributed by atoms with van der Waals surface area (Å²) in [6.07, 6.45) is 2.49. The number of likely N-dealkylation sites (tertiary alicyclic amines) is 1. The molecule has 0 aromatic carbocycles. The Morgan fingerprint density at radius 1 is 1.50 bits per heavy atom. The standard InChI is InChI=1S/C12H24N2O2/c1-5-10-8-9(13)6-7-14(10)11(15)16-12(2,3)4/h9-10H,5-8,13H2,1-4H3/t9-,10+/m0/s1. The number of carbonyl (C=O) groups is 1. The van der Waals surface area contributed by atoms with Crippen LogP contribution in [0.4, 0.5) is 4.79 Å². The average Bonchev–Trinajstić information content (AvgIpc) is 2.14. The van der Waals surface area contributed by atoms with Crippen LogP contribution in [-0.4, -0.2) is 35.2 Å². The molecule has 4 nitrogen and oxygen atoms in total. The van der Waals surface area contributed by atoms with Gasteiger partial charge in [-0.15, -0.1) is 0 Å². The second kappa shape index (κ2) is 5.04. The molecule has 16 heavy (non-hydrogen) atoms. The molecule has 0 saturated carbocycles. The highest BCUT2D eigenvalue weighted by atomic mass is 16.6. The van der Waals surface area contributed by atoms with Gasteiger partial charge >= 0.3 is 6.09 Å². The van der Waals surface area contributed by atoms with E-state index in [-0.39, 0.29) is 18.2 Å². The van der Waals surface area contributed by atoms with Gasteiger partial charge in [-0.3, -0.25) is 0 Å². The molecule has 1 fully saturated rings. The molecule has 0 aromatic rings. The number of nitrogens with zero attached hydrogens (tertiary/aromatic N) is 1. The maximum Gasteiger partial charge on any atom is 0.410 e. The Morgan fingerprint density at radius 3 is 2.62 bits per heavy atom. The van der Waals surface area contributed by atoms with Crippen molar-refractivity contribution in [1.82, 2.24) is 4.90 Å². The summed E-state index contributed by atoms with van der Waals surface area (Å²) in [5, 5.41) is 0. The van der Waals surface area contributed by atoms with Crippen LogP contribution in [0.1, 0.15) is 47.0 Å². The van der Waals surface area contributed by atoms with E-state index < -0.39 is 5.60 Å². The van der Waals surface area contributed by atoms with Crippen LogP contribution in [0.3, 0.4) is 0 Å². The average molecular weight is 228 g/mol. The van der Waals surface area contributed by atoms with Crippen LogP contribution in [0.15, 0.2) is 0 Å². The number of piperidine rings is 1. The molecule has 1 aliphatic rings. The summed E-state index contributed by atoms with van der Waals surface area (Å²) >= 11 is 0. The van der Waals surface area contributed by atoms with Gasteiger partial charge in [0.05, 0.1) is 0 Å². The van der Waals surface area contributed by atoms with Gasteiger partial charge in [0.25, 0.3) is 0 Å². The highest BCUT2D eigenvalue weighted by Gasteiger charge is 2.31. The number of hydrogen-bond acceptors (Lipinski definition) is 3. The molecule has 0 aromatic heterocycles. The van der Waals surface area contributed by atoms with Gasteiger partial charge < -0.3 is 15.4 Å². The first-order valence-corrected chi connectivity index (χ1v) is 6.08. The summed E-state index contributed by atoms with van der Waals surface area (Å²) in [5.74, 6) is 0. The molecule has 94 valence electrons. The van der Waals surface area contributed by atoms with Crippen LogP contribution in [0, 0.1) is 0 Å². The van der Waals surface area contributed by atoms with Gasteiger partial charge in [-0.05, 0) is 40.0 Å². The van der Waals surface area contributed by atoms with Gasteiger partial charge in [-0.1, -0.05) is 6.92 Å². The smallest absolute Gasteiger partial charge is 0.410 e. The molecule has 1 saturated heterocycles. The Morgan fingerprint density at radius 2 is 2.12 bits per heavy atom. The third-order valence-corrected chi connectivity index (χ3v) is 2.86. The van der Waals surface area contributed by atoms with E-state index in [1.54, 1.807) is 0 Å². The number of nitrogens with two attached hydrogens (primary N) is 1. The van der Waals surface area contributed by atoms with Crippen LogP contribution in [0.25, 0.3) is 0 Å². The lowest BCUT2D eigenvalue weighted by molar-refractivity contribution is 0.00790. The number of ether oxygens (including phenoxy) is 1. The van der Waals surface area contributed by atoms with Gasteiger partial charge in [0, 0.05) is 18.6 Å². The zero-order chi connectivity index (χ0) is 12.3. The van der Waals surface area contributed by atoms with Crippen molar-refractivity contribution in [1.29, 1.82) is 0 Å². The van der Waals surface area contributed by atoms with Gasteiger partial charge in [0.1, 0.15) is 5.60 Å². The number of carbonyl (C=O) groups excluding carboxylic acids is 1. The molecule has 0 aliphatic carbocycles. The van der Waals surface area contributed by atoms with Crippen molar-refractivity contribution in [2.45, 2.75) is 64.6 Å². The normalized spacial score (nSPS) is 26.7. The van der Waals surface area contributed by atoms with Crippen molar-refractivity contribution in [2.24, 2.45) is 5.73 Å². The Bertz CT molecular complexity index is 248. The van der Waals surface area contributed by atoms with Crippen molar-refractivity contribution in [2.75, 3.05) is 6.54 Å². The Labute approximate surface area is 98.1 Å². The SMILES string of the molecule is CC[C@@H]1C[C@@H](N)CCN1C(=O)OC(C)(C)C. The molecule has 0 spiro atoms. The highest BCUT2D eigenvalue weighted by Crippen LogP contribution is 2.21. The van der Waals surface area contributed by atoms with Gasteiger partial charge in [-0.2, -0.15) is 0 Å². The summed E-state index contributed by atoms with van der Waals surface area (Å²) < 4.78 is 5.39. The second-order valence-electron chi connectivity index (χ2n) is 5.52. The molecule has 2 N–H and O–H groups in total. The van der Waals surface area contributed by atoms with Crippen LogP contribution in [0.2, 0.25) is 0 Å². The fourth-order valence-corrected chi connectivity index (χ4v) is 2.03. The molecule has 1 amide bonds. The molecule has 4 heteroatoms. The zero-order valence-corrected chi connectivity index (χ0v) is 10.8. The second-order valence-corrected chi connectivity index (χ2v) is 5.52. The predicted molar refractivity (Wildman–Crippen MR) is 64.2 cm³/mol. The van der Waals surface area contributed by atoms with Crippen molar-refractivity contribution in [3.8, 4) is 0 Å².